The molecule has 1 aliphatic rings. The summed E-state index contributed by atoms with van der Waals surface area (Å²) in [5.74, 6) is 0. The minimum Gasteiger partial charge on any atom is -0.0793 e. The molecular formula is Cl8N4P4. The number of halogens is 8. The first-order valence-electron chi connectivity index (χ1n) is 2.95. The van der Waals surface area contributed by atoms with Crippen molar-refractivity contribution in [3.8, 4) is 0 Å². The molecule has 1 rings (SSSR count). The van der Waals surface area contributed by atoms with Gasteiger partial charge in [0.25, 0.3) is 0 Å². The highest BCUT2D eigenvalue weighted by Gasteiger charge is 2.56. The summed E-state index contributed by atoms with van der Waals surface area (Å²) in [6.07, 6.45) is 0. The molecule has 0 unspecified atom stereocenters. The molecule has 0 aromatic heterocycles. The molecule has 1 aliphatic heterocycles. The summed E-state index contributed by atoms with van der Waals surface area (Å²) in [4.78, 5) is 5.32. The molecule has 1 fully saturated rings. The Labute approximate surface area is 135 Å². The van der Waals surface area contributed by atoms with Crippen LogP contribution in [0.1, 0.15) is 0 Å². The number of hydrazine groups is 4. The van der Waals surface area contributed by atoms with Crippen molar-refractivity contribution in [3.63, 3.8) is 0 Å². The van der Waals surface area contributed by atoms with Gasteiger partial charge in [-0.25, -0.2) is 0 Å². The van der Waals surface area contributed by atoms with Crippen LogP contribution in [0.15, 0.2) is 0 Å². The van der Waals surface area contributed by atoms with Crippen molar-refractivity contribution in [2.75, 3.05) is 0 Å². The lowest BCUT2D eigenvalue weighted by Crippen LogP contribution is -2.66. The maximum atomic E-state index is 5.78. The molecular weight excluding hydrogens is 464 g/mol. The van der Waals surface area contributed by atoms with Crippen LogP contribution in [0.2, 0.25) is 0 Å². The first-order chi connectivity index (χ1) is 7.29. The highest BCUT2D eigenvalue weighted by Crippen LogP contribution is 2.77. The molecule has 0 aromatic carbocycles. The monoisotopic (exact) mass is 460 g/mol. The first kappa shape index (κ1) is 17.9. The fourth-order valence-electron chi connectivity index (χ4n) is 0.738. The number of rotatable bonds is 4. The molecule has 0 N–H and O–H groups in total. The van der Waals surface area contributed by atoms with Crippen LogP contribution in [-0.2, 0) is 0 Å². The van der Waals surface area contributed by atoms with E-state index in [1.807, 2.05) is 0 Å². The van der Waals surface area contributed by atoms with E-state index >= 15 is 0 Å². The van der Waals surface area contributed by atoms with Crippen LogP contribution < -0.4 is 0 Å². The van der Waals surface area contributed by atoms with E-state index in [0.29, 0.717) is 0 Å². The molecule has 1 saturated heterocycles. The Balaban J connectivity index is 2.89. The predicted octanol–water partition coefficient (Wildman–Crippen LogP) is 7.69. The maximum Gasteiger partial charge on any atom is 0.193 e. The minimum absolute atomic E-state index is 1.33. The average molecular weight is 464 g/mol. The SMILES string of the molecule is ClP(Cl)N1N(P(Cl)Cl)N(P(Cl)Cl)N1P(Cl)Cl. The van der Waals surface area contributed by atoms with Gasteiger partial charge in [-0.2, -0.15) is 0 Å². The summed E-state index contributed by atoms with van der Waals surface area (Å²) in [6.45, 7) is -6.38. The van der Waals surface area contributed by atoms with Gasteiger partial charge in [-0.3, -0.25) is 0 Å². The number of nitrogens with zero attached hydrogens (tertiary/aromatic N) is 4. The van der Waals surface area contributed by atoms with E-state index in [4.69, 9.17) is 89.9 Å². The molecule has 0 saturated carbocycles. The molecule has 0 atom stereocenters. The normalized spacial score (nSPS) is 21.8. The lowest BCUT2D eigenvalue weighted by atomic mass is 12.0. The molecule has 0 amide bonds. The first-order valence-corrected chi connectivity index (χ1v) is 15.4. The Hall–Kier alpha value is 3.88. The van der Waals surface area contributed by atoms with E-state index in [2.05, 4.69) is 0 Å². The van der Waals surface area contributed by atoms with Crippen molar-refractivity contribution in [1.82, 2.24) is 19.6 Å². The zero-order valence-electron chi connectivity index (χ0n) is 6.60. The van der Waals surface area contributed by atoms with E-state index in [1.165, 1.54) is 19.6 Å². The standard InChI is InChI=1S/Cl8N4P4/c1-13(2)9-10(14(3)4)12(16(7)8)11(9)15(5)6. The fourth-order valence-corrected chi connectivity index (χ4v) is 9.82. The zero-order valence-corrected chi connectivity index (χ0v) is 16.2. The van der Waals surface area contributed by atoms with E-state index < -0.39 is 27.1 Å². The Bertz CT molecular complexity index is 180. The third kappa shape index (κ3) is 3.96. The molecule has 1 heterocycles. The summed E-state index contributed by atoms with van der Waals surface area (Å²) in [6, 6.07) is 0. The lowest BCUT2D eigenvalue weighted by molar-refractivity contribution is -0.305. The van der Waals surface area contributed by atoms with Crippen LogP contribution in [0.4, 0.5) is 0 Å². The van der Waals surface area contributed by atoms with Crippen molar-refractivity contribution in [2.45, 2.75) is 0 Å². The molecule has 4 nitrogen and oxygen atoms in total. The third-order valence-corrected chi connectivity index (χ3v) is 7.43. The molecule has 96 valence electrons. The number of hydrogen-bond donors (Lipinski definition) is 0. The highest BCUT2D eigenvalue weighted by molar-refractivity contribution is 8.07. The van der Waals surface area contributed by atoms with Crippen molar-refractivity contribution in [1.29, 1.82) is 0 Å². The van der Waals surface area contributed by atoms with E-state index in [1.54, 1.807) is 0 Å². The van der Waals surface area contributed by atoms with Crippen molar-refractivity contribution in [3.05, 3.63) is 0 Å². The smallest absolute Gasteiger partial charge is 0.0793 e. The second-order valence-electron chi connectivity index (χ2n) is 1.93. The van der Waals surface area contributed by atoms with Gasteiger partial charge in [0, 0.05) is 0 Å². The van der Waals surface area contributed by atoms with Crippen LogP contribution in [0.3, 0.4) is 0 Å². The second-order valence-corrected chi connectivity index (χ2v) is 14.8. The van der Waals surface area contributed by atoms with Gasteiger partial charge in [-0.15, -0.1) is 0 Å². The zero-order chi connectivity index (χ0) is 12.6. The Morgan fingerprint density at radius 1 is 0.375 bits per heavy atom. The maximum absolute atomic E-state index is 5.78. The topological polar surface area (TPSA) is 13.0 Å². The quantitative estimate of drug-likeness (QED) is 0.396. The summed E-state index contributed by atoms with van der Waals surface area (Å²) >= 11 is 46.2. The minimum atomic E-state index is -1.59. The van der Waals surface area contributed by atoms with Gasteiger partial charge in [-0.05, 0) is 0 Å². The Kier molecular flexibility index (Phi) is 8.70. The van der Waals surface area contributed by atoms with Gasteiger partial charge in [-0.1, -0.05) is 109 Å². The van der Waals surface area contributed by atoms with Gasteiger partial charge in [0.1, 0.15) is 0 Å². The summed E-state index contributed by atoms with van der Waals surface area (Å²) in [7, 11) is 0. The second kappa shape index (κ2) is 7.77. The van der Waals surface area contributed by atoms with Crippen LogP contribution in [-0.4, -0.2) is 19.6 Å². The molecule has 0 aliphatic carbocycles. The van der Waals surface area contributed by atoms with E-state index in [0.717, 1.165) is 0 Å². The molecule has 0 spiro atoms. The van der Waals surface area contributed by atoms with Crippen LogP contribution in [0.5, 0.6) is 0 Å². The predicted molar refractivity (Wildman–Crippen MR) is 81.9 cm³/mol. The number of hydrogen-bond acceptors (Lipinski definition) is 4. The molecule has 16 heteroatoms. The van der Waals surface area contributed by atoms with Crippen molar-refractivity contribution in [2.24, 2.45) is 0 Å². The van der Waals surface area contributed by atoms with Crippen LogP contribution in [0, 0.1) is 0 Å². The van der Waals surface area contributed by atoms with Gasteiger partial charge in [0.2, 0.25) is 0 Å². The van der Waals surface area contributed by atoms with Crippen molar-refractivity contribution < 1.29 is 0 Å². The fraction of sp³-hybridized carbons (Fsp3) is 0. The van der Waals surface area contributed by atoms with Crippen molar-refractivity contribution >= 4 is 117 Å². The molecule has 0 aromatic rings. The van der Waals surface area contributed by atoms with Crippen LogP contribution in [0.25, 0.3) is 0 Å². The largest absolute Gasteiger partial charge is 0.193 e. The highest BCUT2D eigenvalue weighted by atomic mass is 35.9. The van der Waals surface area contributed by atoms with Gasteiger partial charge >= 0.3 is 0 Å². The lowest BCUT2D eigenvalue weighted by Gasteiger charge is -2.58. The van der Waals surface area contributed by atoms with E-state index in [-0.39, 0.29) is 0 Å². The molecule has 0 radical (unpaired) electrons. The molecule has 0 bridgehead atoms. The summed E-state index contributed by atoms with van der Waals surface area (Å²) in [5.41, 5.74) is 0. The third-order valence-electron chi connectivity index (χ3n) is 1.18. The van der Waals surface area contributed by atoms with Gasteiger partial charge in [0.05, 0.1) is 0 Å². The van der Waals surface area contributed by atoms with E-state index in [9.17, 15) is 0 Å². The van der Waals surface area contributed by atoms with Gasteiger partial charge < -0.3 is 0 Å². The van der Waals surface area contributed by atoms with Crippen LogP contribution >= 0.6 is 117 Å². The Morgan fingerprint density at radius 3 is 0.562 bits per heavy atom. The molecule has 16 heavy (non-hydrogen) atoms. The average Bonchev–Trinajstić information content (AvgIpc) is 1.97. The van der Waals surface area contributed by atoms with Gasteiger partial charge in [0.15, 0.2) is 27.1 Å². The summed E-state index contributed by atoms with van der Waals surface area (Å²) < 4.78 is 0. The Morgan fingerprint density at radius 2 is 0.500 bits per heavy atom. The summed E-state index contributed by atoms with van der Waals surface area (Å²) in [5, 5.41) is 0.